The van der Waals surface area contributed by atoms with E-state index >= 15 is 0 Å². The first-order valence-electron chi connectivity index (χ1n) is 8.86. The SMILES string of the molecule is CC(C)C(=O)Nc1ccc2[nH]cc([C@H](C(=O)O)N3CCCCC3)c2c1. The van der Waals surface area contributed by atoms with Crippen LogP contribution in [0.4, 0.5) is 5.69 Å². The fourth-order valence-electron chi connectivity index (χ4n) is 3.40. The minimum atomic E-state index is -0.834. The third-order valence-corrected chi connectivity index (χ3v) is 4.79. The van der Waals surface area contributed by atoms with E-state index in [2.05, 4.69) is 10.3 Å². The van der Waals surface area contributed by atoms with Gasteiger partial charge in [0.25, 0.3) is 0 Å². The van der Waals surface area contributed by atoms with Crippen LogP contribution < -0.4 is 5.32 Å². The zero-order chi connectivity index (χ0) is 18.0. The summed E-state index contributed by atoms with van der Waals surface area (Å²) in [5.74, 6) is -0.997. The molecule has 1 aromatic carbocycles. The van der Waals surface area contributed by atoms with Gasteiger partial charge in [-0.05, 0) is 44.1 Å². The summed E-state index contributed by atoms with van der Waals surface area (Å²) in [6.07, 6.45) is 5.00. The molecule has 3 N–H and O–H groups in total. The van der Waals surface area contributed by atoms with Crippen molar-refractivity contribution < 1.29 is 14.7 Å². The number of hydrogen-bond acceptors (Lipinski definition) is 3. The molecular formula is C19H25N3O3. The summed E-state index contributed by atoms with van der Waals surface area (Å²) in [7, 11) is 0. The van der Waals surface area contributed by atoms with Crippen LogP contribution in [0.5, 0.6) is 0 Å². The Morgan fingerprint density at radius 3 is 2.56 bits per heavy atom. The Kier molecular flexibility index (Phi) is 5.08. The Morgan fingerprint density at radius 1 is 1.20 bits per heavy atom. The smallest absolute Gasteiger partial charge is 0.325 e. The van der Waals surface area contributed by atoms with E-state index in [9.17, 15) is 14.7 Å². The first kappa shape index (κ1) is 17.5. The van der Waals surface area contributed by atoms with Crippen LogP contribution in [0.25, 0.3) is 10.9 Å². The number of aliphatic carboxylic acids is 1. The molecule has 1 amide bonds. The number of likely N-dealkylation sites (tertiary alicyclic amines) is 1. The molecule has 25 heavy (non-hydrogen) atoms. The summed E-state index contributed by atoms with van der Waals surface area (Å²) in [6, 6.07) is 4.91. The molecule has 1 fully saturated rings. The molecule has 3 rings (SSSR count). The molecule has 6 nitrogen and oxygen atoms in total. The van der Waals surface area contributed by atoms with Gasteiger partial charge in [-0.2, -0.15) is 0 Å². The molecule has 0 radical (unpaired) electrons. The minimum Gasteiger partial charge on any atom is -0.480 e. The van der Waals surface area contributed by atoms with Crippen LogP contribution in [0.1, 0.15) is 44.7 Å². The van der Waals surface area contributed by atoms with Crippen LogP contribution in [0, 0.1) is 5.92 Å². The van der Waals surface area contributed by atoms with Crippen LogP contribution in [0.15, 0.2) is 24.4 Å². The Balaban J connectivity index is 1.96. The molecule has 134 valence electrons. The number of benzene rings is 1. The zero-order valence-electron chi connectivity index (χ0n) is 14.7. The van der Waals surface area contributed by atoms with Crippen molar-refractivity contribution in [2.75, 3.05) is 18.4 Å². The number of nitrogens with one attached hydrogen (secondary N) is 2. The maximum Gasteiger partial charge on any atom is 0.325 e. The number of carbonyl (C=O) groups is 2. The lowest BCUT2D eigenvalue weighted by Gasteiger charge is -2.31. The third kappa shape index (κ3) is 3.69. The highest BCUT2D eigenvalue weighted by Crippen LogP contribution is 2.32. The number of aromatic nitrogens is 1. The molecule has 1 atom stereocenters. The van der Waals surface area contributed by atoms with Gasteiger partial charge in [-0.25, -0.2) is 0 Å². The number of carbonyl (C=O) groups excluding carboxylic acids is 1. The van der Waals surface area contributed by atoms with Crippen LogP contribution in [-0.2, 0) is 9.59 Å². The second-order valence-corrected chi connectivity index (χ2v) is 6.99. The Labute approximate surface area is 147 Å². The highest BCUT2D eigenvalue weighted by atomic mass is 16.4. The van der Waals surface area contributed by atoms with Gasteiger partial charge in [-0.3, -0.25) is 14.5 Å². The van der Waals surface area contributed by atoms with Crippen molar-refractivity contribution in [3.05, 3.63) is 30.0 Å². The number of carboxylic acid groups (broad SMARTS) is 1. The number of nitrogens with zero attached hydrogens (tertiary/aromatic N) is 1. The predicted octanol–water partition coefficient (Wildman–Crippen LogP) is 3.37. The van der Waals surface area contributed by atoms with E-state index in [1.165, 1.54) is 0 Å². The largest absolute Gasteiger partial charge is 0.480 e. The van der Waals surface area contributed by atoms with E-state index in [-0.39, 0.29) is 11.8 Å². The molecule has 0 unspecified atom stereocenters. The lowest BCUT2D eigenvalue weighted by molar-refractivity contribution is -0.144. The highest BCUT2D eigenvalue weighted by molar-refractivity contribution is 5.96. The fraction of sp³-hybridized carbons (Fsp3) is 0.474. The van der Waals surface area contributed by atoms with E-state index in [4.69, 9.17) is 0 Å². The van der Waals surface area contributed by atoms with Crippen molar-refractivity contribution in [3.63, 3.8) is 0 Å². The maximum absolute atomic E-state index is 12.0. The predicted molar refractivity (Wildman–Crippen MR) is 97.6 cm³/mol. The Bertz CT molecular complexity index is 775. The standard InChI is InChI=1S/C19H25N3O3/c1-12(2)18(23)21-13-6-7-16-14(10-13)15(11-20-16)17(19(24)25)22-8-4-3-5-9-22/h6-7,10-12,17,20H,3-5,8-9H2,1-2H3,(H,21,23)(H,24,25)/t17-/m1/s1. The number of rotatable bonds is 5. The van der Waals surface area contributed by atoms with Crippen molar-refractivity contribution >= 4 is 28.5 Å². The number of anilines is 1. The summed E-state index contributed by atoms with van der Waals surface area (Å²) >= 11 is 0. The lowest BCUT2D eigenvalue weighted by atomic mass is 10.0. The molecule has 0 saturated carbocycles. The summed E-state index contributed by atoms with van der Waals surface area (Å²) in [5, 5.41) is 13.6. The topological polar surface area (TPSA) is 85.4 Å². The maximum atomic E-state index is 12.0. The average molecular weight is 343 g/mol. The second kappa shape index (κ2) is 7.27. The minimum absolute atomic E-state index is 0.0535. The van der Waals surface area contributed by atoms with E-state index in [1.807, 2.05) is 36.9 Å². The number of H-pyrrole nitrogens is 1. The van der Waals surface area contributed by atoms with Crippen molar-refractivity contribution in [1.29, 1.82) is 0 Å². The molecule has 2 aromatic rings. The highest BCUT2D eigenvalue weighted by Gasteiger charge is 2.30. The monoisotopic (exact) mass is 343 g/mol. The number of carboxylic acids is 1. The number of fused-ring (bicyclic) bond motifs is 1. The van der Waals surface area contributed by atoms with Crippen LogP contribution in [0.3, 0.4) is 0 Å². The van der Waals surface area contributed by atoms with Gasteiger partial charge in [0.1, 0.15) is 6.04 Å². The van der Waals surface area contributed by atoms with E-state index in [1.54, 1.807) is 6.20 Å². The Morgan fingerprint density at radius 2 is 1.92 bits per heavy atom. The first-order valence-corrected chi connectivity index (χ1v) is 8.86. The summed E-state index contributed by atoms with van der Waals surface area (Å²) in [4.78, 5) is 29.1. The quantitative estimate of drug-likeness (QED) is 0.777. The second-order valence-electron chi connectivity index (χ2n) is 6.99. The van der Waals surface area contributed by atoms with Gasteiger partial charge in [-0.15, -0.1) is 0 Å². The van der Waals surface area contributed by atoms with Gasteiger partial charge >= 0.3 is 5.97 Å². The number of aromatic amines is 1. The molecule has 6 heteroatoms. The normalized spacial score (nSPS) is 16.9. The van der Waals surface area contributed by atoms with Gasteiger partial charge in [0.2, 0.25) is 5.91 Å². The summed E-state index contributed by atoms with van der Waals surface area (Å²) in [5.41, 5.74) is 2.32. The van der Waals surface area contributed by atoms with Crippen LogP contribution >= 0.6 is 0 Å². The van der Waals surface area contributed by atoms with Crippen molar-refractivity contribution in [1.82, 2.24) is 9.88 Å². The number of amides is 1. The van der Waals surface area contributed by atoms with Gasteiger partial charge < -0.3 is 15.4 Å². The summed E-state index contributed by atoms with van der Waals surface area (Å²) < 4.78 is 0. The van der Waals surface area contributed by atoms with Crippen molar-refractivity contribution in [2.24, 2.45) is 5.92 Å². The molecule has 0 bridgehead atoms. The molecular weight excluding hydrogens is 318 g/mol. The van der Waals surface area contributed by atoms with Crippen molar-refractivity contribution in [3.8, 4) is 0 Å². The fourth-order valence-corrected chi connectivity index (χ4v) is 3.40. The third-order valence-electron chi connectivity index (χ3n) is 4.79. The van der Waals surface area contributed by atoms with Gasteiger partial charge in [0.05, 0.1) is 0 Å². The van der Waals surface area contributed by atoms with Crippen LogP contribution in [0.2, 0.25) is 0 Å². The van der Waals surface area contributed by atoms with Crippen molar-refractivity contribution in [2.45, 2.75) is 39.2 Å². The summed E-state index contributed by atoms with van der Waals surface area (Å²) in [6.45, 7) is 5.28. The van der Waals surface area contributed by atoms with E-state index < -0.39 is 12.0 Å². The molecule has 0 aliphatic carbocycles. The molecule has 1 aliphatic rings. The van der Waals surface area contributed by atoms with Crippen LogP contribution in [-0.4, -0.2) is 40.0 Å². The molecule has 1 aliphatic heterocycles. The average Bonchev–Trinajstić information content (AvgIpc) is 2.99. The molecule has 1 aromatic heterocycles. The number of hydrogen-bond donors (Lipinski definition) is 3. The molecule has 2 heterocycles. The van der Waals surface area contributed by atoms with E-state index in [0.29, 0.717) is 5.69 Å². The molecule has 0 spiro atoms. The first-order chi connectivity index (χ1) is 12.0. The Hall–Kier alpha value is -2.34. The van der Waals surface area contributed by atoms with E-state index in [0.717, 1.165) is 48.8 Å². The van der Waals surface area contributed by atoms with Gasteiger partial charge in [0, 0.05) is 34.3 Å². The lowest BCUT2D eigenvalue weighted by Crippen LogP contribution is -2.37. The van der Waals surface area contributed by atoms with Gasteiger partial charge in [0.15, 0.2) is 0 Å². The van der Waals surface area contributed by atoms with Gasteiger partial charge in [-0.1, -0.05) is 20.3 Å². The molecule has 1 saturated heterocycles. The number of piperidine rings is 1. The zero-order valence-corrected chi connectivity index (χ0v) is 14.7.